The third kappa shape index (κ3) is 6.24. The number of rotatable bonds is 6. The first-order valence-electron chi connectivity index (χ1n) is 8.60. The highest BCUT2D eigenvalue weighted by molar-refractivity contribution is 5.82. The van der Waals surface area contributed by atoms with Gasteiger partial charge < -0.3 is 15.0 Å². The van der Waals surface area contributed by atoms with Gasteiger partial charge in [0.1, 0.15) is 5.75 Å². The Hall–Kier alpha value is -2.25. The quantitative estimate of drug-likeness (QED) is 0.782. The molecule has 1 aliphatic rings. The first kappa shape index (κ1) is 20.1. The Morgan fingerprint density at radius 2 is 1.81 bits per heavy atom. The predicted molar refractivity (Wildman–Crippen MR) is 89.7 cm³/mol. The molecule has 1 fully saturated rings. The van der Waals surface area contributed by atoms with Gasteiger partial charge in [0, 0.05) is 25.6 Å². The molecule has 1 heterocycles. The number of benzene rings is 1. The maximum Gasteiger partial charge on any atom is 0.471 e. The number of aryl methyl sites for hydroxylation is 1. The zero-order valence-corrected chi connectivity index (χ0v) is 14.6. The smallest absolute Gasteiger partial charge is 0.471 e. The topological polar surface area (TPSA) is 58.6 Å². The molecule has 2 amide bonds. The van der Waals surface area contributed by atoms with E-state index < -0.39 is 12.1 Å². The van der Waals surface area contributed by atoms with Gasteiger partial charge in [0.15, 0.2) is 0 Å². The summed E-state index contributed by atoms with van der Waals surface area (Å²) in [4.78, 5) is 23.9. The molecule has 0 spiro atoms. The Bertz CT molecular complexity index is 609. The van der Waals surface area contributed by atoms with Gasteiger partial charge in [0.2, 0.25) is 5.91 Å². The van der Waals surface area contributed by atoms with E-state index in [4.69, 9.17) is 4.74 Å². The van der Waals surface area contributed by atoms with Crippen LogP contribution in [-0.2, 0) is 9.59 Å². The Kier molecular flexibility index (Phi) is 6.88. The number of likely N-dealkylation sites (tertiary alicyclic amines) is 1. The van der Waals surface area contributed by atoms with Crippen LogP contribution >= 0.6 is 0 Å². The van der Waals surface area contributed by atoms with E-state index in [0.717, 1.165) is 16.2 Å². The molecule has 8 heteroatoms. The van der Waals surface area contributed by atoms with Crippen LogP contribution in [-0.4, -0.2) is 48.6 Å². The number of hydrogen-bond acceptors (Lipinski definition) is 3. The Balaban J connectivity index is 1.62. The predicted octanol–water partition coefficient (Wildman–Crippen LogP) is 2.82. The van der Waals surface area contributed by atoms with Crippen molar-refractivity contribution < 1.29 is 27.5 Å². The van der Waals surface area contributed by atoms with Gasteiger partial charge in [0.25, 0.3) is 0 Å². The molecule has 0 unspecified atom stereocenters. The lowest BCUT2D eigenvalue weighted by Crippen LogP contribution is -2.50. The summed E-state index contributed by atoms with van der Waals surface area (Å²) in [6, 6.07) is 7.42. The average molecular weight is 372 g/mol. The van der Waals surface area contributed by atoms with E-state index in [-0.39, 0.29) is 31.5 Å². The summed E-state index contributed by atoms with van der Waals surface area (Å²) < 4.78 is 42.7. The summed E-state index contributed by atoms with van der Waals surface area (Å²) in [5, 5.41) is 2.81. The summed E-state index contributed by atoms with van der Waals surface area (Å²) in [6.45, 7) is 2.40. The normalized spacial score (nSPS) is 15.6. The van der Waals surface area contributed by atoms with Crippen molar-refractivity contribution in [2.24, 2.45) is 0 Å². The van der Waals surface area contributed by atoms with Gasteiger partial charge >= 0.3 is 12.1 Å². The van der Waals surface area contributed by atoms with E-state index >= 15 is 0 Å². The Morgan fingerprint density at radius 1 is 1.19 bits per heavy atom. The monoisotopic (exact) mass is 372 g/mol. The molecule has 144 valence electrons. The second-order valence-electron chi connectivity index (χ2n) is 6.40. The number of hydrogen-bond donors (Lipinski definition) is 1. The third-order valence-electron chi connectivity index (χ3n) is 4.23. The molecule has 2 rings (SSSR count). The number of halogens is 3. The minimum atomic E-state index is -4.84. The fraction of sp³-hybridized carbons (Fsp3) is 0.556. The lowest BCUT2D eigenvalue weighted by atomic mass is 10.0. The van der Waals surface area contributed by atoms with E-state index in [9.17, 15) is 22.8 Å². The van der Waals surface area contributed by atoms with E-state index in [2.05, 4.69) is 5.32 Å². The van der Waals surface area contributed by atoms with Crippen molar-refractivity contribution in [3.63, 3.8) is 0 Å². The molecule has 1 aliphatic heterocycles. The first-order chi connectivity index (χ1) is 12.3. The van der Waals surface area contributed by atoms with Crippen molar-refractivity contribution in [1.82, 2.24) is 10.2 Å². The van der Waals surface area contributed by atoms with Gasteiger partial charge in [-0.3, -0.25) is 9.59 Å². The first-order valence-corrected chi connectivity index (χ1v) is 8.60. The lowest BCUT2D eigenvalue weighted by molar-refractivity contribution is -0.186. The molecule has 1 aromatic carbocycles. The maximum atomic E-state index is 12.4. The number of carbonyl (C=O) groups excluding carboxylic acids is 2. The van der Waals surface area contributed by atoms with Gasteiger partial charge in [-0.05, 0) is 38.3 Å². The number of piperidine rings is 1. The minimum Gasteiger partial charge on any atom is -0.494 e. The van der Waals surface area contributed by atoms with Crippen molar-refractivity contribution in [2.45, 2.75) is 44.8 Å². The van der Waals surface area contributed by atoms with Crippen LogP contribution in [0.15, 0.2) is 24.3 Å². The maximum absolute atomic E-state index is 12.4. The average Bonchev–Trinajstić information content (AvgIpc) is 2.59. The van der Waals surface area contributed by atoms with Crippen LogP contribution in [0.2, 0.25) is 0 Å². The van der Waals surface area contributed by atoms with Crippen LogP contribution in [0.4, 0.5) is 13.2 Å². The van der Waals surface area contributed by atoms with E-state index in [0.29, 0.717) is 25.9 Å². The number of alkyl halides is 3. The van der Waals surface area contributed by atoms with Gasteiger partial charge in [0.05, 0.1) is 6.61 Å². The summed E-state index contributed by atoms with van der Waals surface area (Å²) in [5.41, 5.74) is 1.14. The molecule has 1 N–H and O–H groups in total. The summed E-state index contributed by atoms with van der Waals surface area (Å²) in [6.07, 6.45) is -3.35. The summed E-state index contributed by atoms with van der Waals surface area (Å²) in [5.74, 6) is -1.22. The lowest BCUT2D eigenvalue weighted by Gasteiger charge is -2.32. The molecule has 5 nitrogen and oxygen atoms in total. The number of amides is 2. The molecule has 0 aliphatic carbocycles. The van der Waals surface area contributed by atoms with Gasteiger partial charge in [-0.1, -0.05) is 17.7 Å². The molecule has 0 aromatic heterocycles. The standard InChI is InChI=1S/C18H23F3N2O3/c1-13-4-6-15(7-5-13)26-12-2-3-16(24)22-14-8-10-23(11-9-14)17(25)18(19,20)21/h4-7,14H,2-3,8-12H2,1H3,(H,22,24). The van der Waals surface area contributed by atoms with Crippen molar-refractivity contribution in [1.29, 1.82) is 0 Å². The summed E-state index contributed by atoms with van der Waals surface area (Å²) in [7, 11) is 0. The van der Waals surface area contributed by atoms with Crippen LogP contribution in [0.1, 0.15) is 31.2 Å². The molecule has 0 saturated carbocycles. The minimum absolute atomic E-state index is 0.000174. The van der Waals surface area contributed by atoms with Crippen molar-refractivity contribution >= 4 is 11.8 Å². The van der Waals surface area contributed by atoms with Crippen LogP contribution in [0.25, 0.3) is 0 Å². The van der Waals surface area contributed by atoms with Gasteiger partial charge in [-0.15, -0.1) is 0 Å². The highest BCUT2D eigenvalue weighted by Gasteiger charge is 2.43. The molecule has 0 atom stereocenters. The second-order valence-corrected chi connectivity index (χ2v) is 6.40. The fourth-order valence-corrected chi connectivity index (χ4v) is 2.76. The van der Waals surface area contributed by atoms with Crippen molar-refractivity contribution in [3.05, 3.63) is 29.8 Å². The molecule has 1 saturated heterocycles. The number of nitrogens with zero attached hydrogens (tertiary/aromatic N) is 1. The Labute approximate surface area is 150 Å². The zero-order valence-electron chi connectivity index (χ0n) is 14.6. The highest BCUT2D eigenvalue weighted by Crippen LogP contribution is 2.21. The van der Waals surface area contributed by atoms with Crippen molar-refractivity contribution in [3.8, 4) is 5.75 Å². The van der Waals surface area contributed by atoms with Crippen LogP contribution in [0, 0.1) is 6.92 Å². The van der Waals surface area contributed by atoms with Crippen LogP contribution in [0.3, 0.4) is 0 Å². The number of nitrogens with one attached hydrogen (secondary N) is 1. The number of ether oxygens (including phenoxy) is 1. The van der Waals surface area contributed by atoms with Crippen LogP contribution in [0.5, 0.6) is 5.75 Å². The Morgan fingerprint density at radius 3 is 2.38 bits per heavy atom. The fourth-order valence-electron chi connectivity index (χ4n) is 2.76. The number of carbonyl (C=O) groups is 2. The molecular weight excluding hydrogens is 349 g/mol. The molecule has 0 radical (unpaired) electrons. The zero-order chi connectivity index (χ0) is 19.2. The van der Waals surface area contributed by atoms with Gasteiger partial charge in [-0.25, -0.2) is 0 Å². The van der Waals surface area contributed by atoms with Crippen LogP contribution < -0.4 is 10.1 Å². The van der Waals surface area contributed by atoms with Gasteiger partial charge in [-0.2, -0.15) is 13.2 Å². The molecule has 26 heavy (non-hydrogen) atoms. The summed E-state index contributed by atoms with van der Waals surface area (Å²) >= 11 is 0. The molecular formula is C18H23F3N2O3. The third-order valence-corrected chi connectivity index (χ3v) is 4.23. The van der Waals surface area contributed by atoms with E-state index in [1.165, 1.54) is 0 Å². The van der Waals surface area contributed by atoms with Crippen molar-refractivity contribution in [2.75, 3.05) is 19.7 Å². The molecule has 1 aromatic rings. The highest BCUT2D eigenvalue weighted by atomic mass is 19.4. The second kappa shape index (κ2) is 8.91. The van der Waals surface area contributed by atoms with E-state index in [1.807, 2.05) is 31.2 Å². The van der Waals surface area contributed by atoms with E-state index in [1.54, 1.807) is 0 Å². The SMILES string of the molecule is Cc1ccc(OCCCC(=O)NC2CCN(C(=O)C(F)(F)F)CC2)cc1. The molecule has 0 bridgehead atoms. The largest absolute Gasteiger partial charge is 0.494 e.